The van der Waals surface area contributed by atoms with Gasteiger partial charge in [0.25, 0.3) is 0 Å². The molecule has 0 radical (unpaired) electrons. The zero-order chi connectivity index (χ0) is 24.6. The number of nitrogens with zero attached hydrogens (tertiary/aromatic N) is 3. The van der Waals surface area contributed by atoms with Gasteiger partial charge >= 0.3 is 6.18 Å². The highest BCUT2D eigenvalue weighted by Crippen LogP contribution is 2.39. The SMILES string of the molecule is Cc1noc(C[C@@](N[S+]([O-])C(C)(C)C)(c2cc(F)cc(C(F)(F)F)c2)c2ccc(Cl)cn2)n1. The summed E-state index contributed by atoms with van der Waals surface area (Å²) in [7, 11) is 0. The molecule has 2 heterocycles. The van der Waals surface area contributed by atoms with Gasteiger partial charge in [-0.1, -0.05) is 16.8 Å². The van der Waals surface area contributed by atoms with Crippen molar-refractivity contribution in [2.24, 2.45) is 0 Å². The predicted molar refractivity (Wildman–Crippen MR) is 115 cm³/mol. The van der Waals surface area contributed by atoms with Gasteiger partial charge in [-0.15, -0.1) is 4.72 Å². The number of hydrogen-bond donors (Lipinski definition) is 1. The molecule has 178 valence electrons. The summed E-state index contributed by atoms with van der Waals surface area (Å²) < 4.78 is 75.6. The van der Waals surface area contributed by atoms with E-state index in [2.05, 4.69) is 19.8 Å². The molecule has 0 fully saturated rings. The summed E-state index contributed by atoms with van der Waals surface area (Å²) >= 11 is 4.14. The Morgan fingerprint density at radius 2 is 1.79 bits per heavy atom. The first-order valence-corrected chi connectivity index (χ1v) is 11.2. The zero-order valence-electron chi connectivity index (χ0n) is 18.1. The van der Waals surface area contributed by atoms with E-state index in [0.29, 0.717) is 6.07 Å². The van der Waals surface area contributed by atoms with E-state index in [9.17, 15) is 22.1 Å². The molecule has 0 bridgehead atoms. The van der Waals surface area contributed by atoms with Crippen LogP contribution in [0.3, 0.4) is 0 Å². The van der Waals surface area contributed by atoms with Crippen LogP contribution in [0.5, 0.6) is 0 Å². The minimum Gasteiger partial charge on any atom is -0.598 e. The Morgan fingerprint density at radius 3 is 2.30 bits per heavy atom. The third-order valence-corrected chi connectivity index (χ3v) is 6.56. The van der Waals surface area contributed by atoms with Gasteiger partial charge in [0.15, 0.2) is 5.82 Å². The highest BCUT2D eigenvalue weighted by atomic mass is 35.5. The second-order valence-electron chi connectivity index (χ2n) is 8.39. The lowest BCUT2D eigenvalue weighted by Gasteiger charge is -2.37. The first kappa shape index (κ1) is 25.4. The third kappa shape index (κ3) is 5.84. The number of nitrogens with one attached hydrogen (secondary N) is 1. The Balaban J connectivity index is 2.32. The Bertz CT molecular complexity index is 1120. The molecule has 3 rings (SSSR count). The van der Waals surface area contributed by atoms with Gasteiger partial charge in [-0.3, -0.25) is 4.98 Å². The van der Waals surface area contributed by atoms with Crippen LogP contribution >= 0.6 is 11.6 Å². The van der Waals surface area contributed by atoms with E-state index in [1.807, 2.05) is 0 Å². The topological polar surface area (TPSA) is 86.9 Å². The molecule has 0 aliphatic carbocycles. The summed E-state index contributed by atoms with van der Waals surface area (Å²) in [6, 6.07) is 5.04. The number of benzene rings is 1. The highest BCUT2D eigenvalue weighted by Gasteiger charge is 2.46. The van der Waals surface area contributed by atoms with Gasteiger partial charge < -0.3 is 9.08 Å². The van der Waals surface area contributed by atoms with E-state index in [-0.39, 0.29) is 34.4 Å². The lowest BCUT2D eigenvalue weighted by Crippen LogP contribution is -2.53. The van der Waals surface area contributed by atoms with E-state index >= 15 is 0 Å². The number of rotatable bonds is 6. The molecule has 0 aliphatic rings. The van der Waals surface area contributed by atoms with Crippen molar-refractivity contribution in [1.82, 2.24) is 19.8 Å². The van der Waals surface area contributed by atoms with Crippen molar-refractivity contribution >= 4 is 23.0 Å². The minimum absolute atomic E-state index is 0.0282. The van der Waals surface area contributed by atoms with Crippen molar-refractivity contribution in [3.05, 3.63) is 75.9 Å². The molecule has 1 N–H and O–H groups in total. The van der Waals surface area contributed by atoms with E-state index in [4.69, 9.17) is 16.1 Å². The average molecular weight is 505 g/mol. The van der Waals surface area contributed by atoms with Crippen LogP contribution in [0.2, 0.25) is 5.02 Å². The highest BCUT2D eigenvalue weighted by molar-refractivity contribution is 7.90. The van der Waals surface area contributed by atoms with Crippen LogP contribution in [-0.4, -0.2) is 24.4 Å². The van der Waals surface area contributed by atoms with Gasteiger partial charge in [0.2, 0.25) is 5.89 Å². The second-order valence-corrected chi connectivity index (χ2v) is 10.8. The Hall–Kier alpha value is -2.21. The summed E-state index contributed by atoms with van der Waals surface area (Å²) in [5, 5.41) is 3.99. The number of aryl methyl sites for hydroxylation is 1. The average Bonchev–Trinajstić information content (AvgIpc) is 3.10. The lowest BCUT2D eigenvalue weighted by atomic mass is 9.83. The third-order valence-electron chi connectivity index (χ3n) is 4.69. The molecule has 3 aromatic rings. The van der Waals surface area contributed by atoms with Gasteiger partial charge in [0, 0.05) is 17.6 Å². The van der Waals surface area contributed by atoms with E-state index < -0.39 is 39.2 Å². The van der Waals surface area contributed by atoms with Crippen molar-refractivity contribution in [2.45, 2.75) is 50.6 Å². The number of alkyl halides is 3. The molecule has 2 atom stereocenters. The fourth-order valence-corrected chi connectivity index (χ4v) is 4.09. The molecule has 0 saturated carbocycles. The molecule has 1 aromatic carbocycles. The van der Waals surface area contributed by atoms with Gasteiger partial charge in [-0.05, 0) is 63.6 Å². The Kier molecular flexibility index (Phi) is 7.09. The second kappa shape index (κ2) is 9.21. The summed E-state index contributed by atoms with van der Waals surface area (Å²) in [6.07, 6.45) is -3.79. The normalized spacial score (nSPS) is 15.3. The minimum atomic E-state index is -4.82. The molecular formula is C21H21ClF4N4O2S. The van der Waals surface area contributed by atoms with Gasteiger partial charge in [-0.25, -0.2) is 4.39 Å². The maximum Gasteiger partial charge on any atom is 0.416 e. The quantitative estimate of drug-likeness (QED) is 0.370. The van der Waals surface area contributed by atoms with Crippen LogP contribution in [0.15, 0.2) is 41.1 Å². The molecule has 6 nitrogen and oxygen atoms in total. The first-order valence-electron chi connectivity index (χ1n) is 9.70. The molecule has 12 heteroatoms. The Morgan fingerprint density at radius 1 is 1.12 bits per heavy atom. The fraction of sp³-hybridized carbons (Fsp3) is 0.381. The standard InChI is InChI=1S/C21H21ClF4N4O2S/c1-12-28-18(32-29-12)10-20(30-33(31)19(2,3)4,17-6-5-15(22)11-27-17)13-7-14(21(24,25)26)9-16(23)8-13/h5-9,11,30H,10H2,1-4H3/t20-,33?/m1/s1. The molecular weight excluding hydrogens is 484 g/mol. The summed E-state index contributed by atoms with van der Waals surface area (Å²) in [5.74, 6) is -0.807. The molecule has 0 saturated heterocycles. The molecule has 33 heavy (non-hydrogen) atoms. The fourth-order valence-electron chi connectivity index (χ4n) is 3.07. The van der Waals surface area contributed by atoms with Crippen LogP contribution in [-0.2, 0) is 29.5 Å². The molecule has 2 aromatic heterocycles. The smallest absolute Gasteiger partial charge is 0.416 e. The van der Waals surface area contributed by atoms with Crippen molar-refractivity contribution < 1.29 is 26.6 Å². The van der Waals surface area contributed by atoms with Crippen molar-refractivity contribution in [1.29, 1.82) is 0 Å². The van der Waals surface area contributed by atoms with E-state index in [1.54, 1.807) is 27.7 Å². The van der Waals surface area contributed by atoms with Gasteiger partial charge in [0.1, 0.15) is 16.1 Å². The van der Waals surface area contributed by atoms with E-state index in [0.717, 1.165) is 12.1 Å². The number of halogens is 5. The van der Waals surface area contributed by atoms with E-state index in [1.165, 1.54) is 18.3 Å². The zero-order valence-corrected chi connectivity index (χ0v) is 19.7. The van der Waals surface area contributed by atoms with Crippen LogP contribution in [0, 0.1) is 12.7 Å². The maximum atomic E-state index is 14.5. The van der Waals surface area contributed by atoms with Gasteiger partial charge in [0.05, 0.1) is 22.7 Å². The predicted octanol–water partition coefficient (Wildman–Crippen LogP) is 5.12. The van der Waals surface area contributed by atoms with Crippen LogP contribution in [0.25, 0.3) is 0 Å². The van der Waals surface area contributed by atoms with Crippen LogP contribution in [0.4, 0.5) is 17.6 Å². The molecule has 0 aliphatic heterocycles. The first-order chi connectivity index (χ1) is 15.2. The summed E-state index contributed by atoms with van der Waals surface area (Å²) in [5.41, 5.74) is -2.97. The number of hydrogen-bond acceptors (Lipinski definition) is 6. The molecule has 1 unspecified atom stereocenters. The monoisotopic (exact) mass is 504 g/mol. The number of pyridine rings is 1. The van der Waals surface area contributed by atoms with Crippen molar-refractivity contribution in [3.63, 3.8) is 0 Å². The van der Waals surface area contributed by atoms with Crippen LogP contribution in [0.1, 0.15) is 49.3 Å². The summed E-state index contributed by atoms with van der Waals surface area (Å²) in [4.78, 5) is 8.40. The van der Waals surface area contributed by atoms with Crippen LogP contribution < -0.4 is 4.72 Å². The Labute approximate surface area is 196 Å². The van der Waals surface area contributed by atoms with Gasteiger partial charge in [-0.2, -0.15) is 18.2 Å². The summed E-state index contributed by atoms with van der Waals surface area (Å²) in [6.45, 7) is 6.61. The maximum absolute atomic E-state index is 14.5. The lowest BCUT2D eigenvalue weighted by molar-refractivity contribution is -0.137. The molecule has 0 amide bonds. The largest absolute Gasteiger partial charge is 0.598 e. The molecule has 0 spiro atoms. The van der Waals surface area contributed by atoms with Crippen molar-refractivity contribution in [2.75, 3.05) is 0 Å². The number of aromatic nitrogens is 3. The van der Waals surface area contributed by atoms with Crippen molar-refractivity contribution in [3.8, 4) is 0 Å².